The Kier molecular flexibility index (Phi) is 8.83. The van der Waals surface area contributed by atoms with Gasteiger partial charge in [0.25, 0.3) is 0 Å². The Hall–Kier alpha value is -2.87. The van der Waals surface area contributed by atoms with Gasteiger partial charge in [-0.05, 0) is 29.9 Å². The molecule has 7 nitrogen and oxygen atoms in total. The highest BCUT2D eigenvalue weighted by Crippen LogP contribution is 2.36. The van der Waals surface area contributed by atoms with Crippen LogP contribution in [-0.2, 0) is 32.0 Å². The molecule has 2 rings (SSSR count). The van der Waals surface area contributed by atoms with Crippen LogP contribution in [0.1, 0.15) is 25.0 Å². The van der Waals surface area contributed by atoms with Crippen molar-refractivity contribution in [3.05, 3.63) is 71.8 Å². The van der Waals surface area contributed by atoms with Crippen molar-refractivity contribution in [2.75, 3.05) is 7.11 Å². The Morgan fingerprint density at radius 2 is 1.16 bits per heavy atom. The van der Waals surface area contributed by atoms with Gasteiger partial charge in [0.15, 0.2) is 11.6 Å². The molecule has 2 aromatic carbocycles. The highest BCUT2D eigenvalue weighted by molar-refractivity contribution is 6.14. The van der Waals surface area contributed by atoms with Crippen LogP contribution in [0.4, 0.5) is 0 Å². The number of Topliss-reactive ketones (excluding diaryl/α,β-unsaturated/α-hetero) is 2. The maximum absolute atomic E-state index is 13.8. The fraction of sp³-hybridized carbons (Fsp3) is 0.400. The van der Waals surface area contributed by atoms with Crippen molar-refractivity contribution in [2.24, 2.45) is 28.5 Å². The summed E-state index contributed by atoms with van der Waals surface area (Å²) < 4.78 is 4.81. The molecule has 172 valence electrons. The molecule has 0 radical (unpaired) electrons. The summed E-state index contributed by atoms with van der Waals surface area (Å²) in [5.41, 5.74) is 18.6. The van der Waals surface area contributed by atoms with Gasteiger partial charge < -0.3 is 21.9 Å². The molecule has 0 aliphatic rings. The van der Waals surface area contributed by atoms with E-state index in [4.69, 9.17) is 21.9 Å². The quantitative estimate of drug-likeness (QED) is 0.355. The van der Waals surface area contributed by atoms with Crippen LogP contribution < -0.4 is 17.2 Å². The van der Waals surface area contributed by atoms with Crippen molar-refractivity contribution in [1.29, 1.82) is 0 Å². The van der Waals surface area contributed by atoms with E-state index in [2.05, 4.69) is 0 Å². The molecule has 32 heavy (non-hydrogen) atoms. The van der Waals surface area contributed by atoms with Gasteiger partial charge in [0, 0.05) is 0 Å². The van der Waals surface area contributed by atoms with E-state index in [0.717, 1.165) is 18.2 Å². The first-order chi connectivity index (χ1) is 15.2. The average Bonchev–Trinajstić information content (AvgIpc) is 2.79. The average molecular weight is 440 g/mol. The number of methoxy groups -OCH3 is 1. The van der Waals surface area contributed by atoms with E-state index in [1.54, 1.807) is 13.8 Å². The van der Waals surface area contributed by atoms with Gasteiger partial charge in [-0.2, -0.15) is 0 Å². The van der Waals surface area contributed by atoms with Crippen molar-refractivity contribution < 1.29 is 19.1 Å². The van der Waals surface area contributed by atoms with Crippen LogP contribution in [0.15, 0.2) is 60.7 Å². The van der Waals surface area contributed by atoms with E-state index in [-0.39, 0.29) is 12.8 Å². The highest BCUT2D eigenvalue weighted by Gasteiger charge is 2.58. The van der Waals surface area contributed by atoms with Crippen LogP contribution in [0.2, 0.25) is 0 Å². The number of nitrogens with two attached hydrogens (primary N) is 3. The molecule has 0 aliphatic heterocycles. The number of carbonyl (C=O) groups is 3. The molecule has 7 heteroatoms. The third-order valence-corrected chi connectivity index (χ3v) is 5.94. The van der Waals surface area contributed by atoms with Crippen molar-refractivity contribution >= 4 is 17.5 Å². The lowest BCUT2D eigenvalue weighted by Crippen LogP contribution is -2.66. The van der Waals surface area contributed by atoms with E-state index in [9.17, 15) is 14.4 Å². The van der Waals surface area contributed by atoms with Gasteiger partial charge in [-0.15, -0.1) is 0 Å². The normalized spacial score (nSPS) is 14.5. The van der Waals surface area contributed by atoms with Gasteiger partial charge in [-0.25, -0.2) is 0 Å². The molecule has 0 aromatic heterocycles. The first kappa shape index (κ1) is 25.4. The summed E-state index contributed by atoms with van der Waals surface area (Å²) in [5, 5.41) is 0. The lowest BCUT2D eigenvalue weighted by molar-refractivity contribution is -0.159. The lowest BCUT2D eigenvalue weighted by Gasteiger charge is -2.41. The van der Waals surface area contributed by atoms with Crippen molar-refractivity contribution in [3.8, 4) is 0 Å². The zero-order valence-corrected chi connectivity index (χ0v) is 18.9. The summed E-state index contributed by atoms with van der Waals surface area (Å²) in [6, 6.07) is 14.8. The third-order valence-electron chi connectivity index (χ3n) is 5.94. The predicted molar refractivity (Wildman–Crippen MR) is 124 cm³/mol. The molecule has 0 saturated carbocycles. The van der Waals surface area contributed by atoms with Crippen molar-refractivity contribution in [1.82, 2.24) is 0 Å². The Balaban J connectivity index is 2.48. The van der Waals surface area contributed by atoms with Gasteiger partial charge in [0.1, 0.15) is 11.5 Å². The molecule has 0 heterocycles. The topological polar surface area (TPSA) is 138 Å². The Morgan fingerprint density at radius 1 is 0.781 bits per heavy atom. The molecule has 0 unspecified atom stereocenters. The van der Waals surface area contributed by atoms with Gasteiger partial charge in [-0.3, -0.25) is 14.4 Å². The molecular formula is C25H33N3O4. The fourth-order valence-corrected chi connectivity index (χ4v) is 4.20. The molecule has 2 aromatic rings. The minimum atomic E-state index is -1.92. The molecule has 0 amide bonds. The van der Waals surface area contributed by atoms with E-state index in [0.29, 0.717) is 0 Å². The summed E-state index contributed by atoms with van der Waals surface area (Å²) in [4.78, 5) is 40.1. The smallest absolute Gasteiger partial charge is 0.324 e. The zero-order valence-electron chi connectivity index (χ0n) is 18.9. The van der Waals surface area contributed by atoms with Crippen LogP contribution in [-0.4, -0.2) is 42.8 Å². The van der Waals surface area contributed by atoms with Crippen molar-refractivity contribution in [2.45, 2.75) is 44.8 Å². The summed E-state index contributed by atoms with van der Waals surface area (Å²) in [7, 11) is 1.16. The maximum atomic E-state index is 13.8. The monoisotopic (exact) mass is 439 g/mol. The van der Waals surface area contributed by atoms with E-state index < -0.39 is 47.0 Å². The largest absolute Gasteiger partial charge is 0.468 e. The van der Waals surface area contributed by atoms with E-state index in [1.807, 2.05) is 60.7 Å². The summed E-state index contributed by atoms with van der Waals surface area (Å²) in [6.07, 6.45) is 0.395. The molecular weight excluding hydrogens is 406 g/mol. The molecule has 0 spiro atoms. The first-order valence-electron chi connectivity index (χ1n) is 10.7. The van der Waals surface area contributed by atoms with Crippen LogP contribution in [0.25, 0.3) is 0 Å². The van der Waals surface area contributed by atoms with Gasteiger partial charge in [0.05, 0.1) is 19.2 Å². The van der Waals surface area contributed by atoms with Gasteiger partial charge in [0.2, 0.25) is 0 Å². The van der Waals surface area contributed by atoms with Crippen LogP contribution in [0, 0.1) is 11.3 Å². The van der Waals surface area contributed by atoms with Crippen LogP contribution >= 0.6 is 0 Å². The Bertz CT molecular complexity index is 856. The van der Waals surface area contributed by atoms with E-state index >= 15 is 0 Å². The van der Waals surface area contributed by atoms with E-state index in [1.165, 1.54) is 0 Å². The zero-order chi connectivity index (χ0) is 23.9. The standard InChI is InChI=1S/C25H33N3O4/c1-16(2)25(21(28)24(31)32-3,22(29)19(26)14-17-10-6-4-7-11-17)23(30)20(27)15-18-12-8-5-9-13-18/h4-13,16,19-21H,14-15,26-28H2,1-3H3/t19-,20-,21+/m0/s1. The molecule has 0 fully saturated rings. The predicted octanol–water partition coefficient (Wildman–Crippen LogP) is 1.41. The number of benzene rings is 2. The van der Waals surface area contributed by atoms with Crippen molar-refractivity contribution in [3.63, 3.8) is 0 Å². The fourth-order valence-electron chi connectivity index (χ4n) is 4.20. The minimum Gasteiger partial charge on any atom is -0.468 e. The number of esters is 1. The second-order valence-electron chi connectivity index (χ2n) is 8.35. The Morgan fingerprint density at radius 3 is 1.47 bits per heavy atom. The number of carbonyl (C=O) groups excluding carboxylic acids is 3. The third kappa shape index (κ3) is 5.30. The molecule has 0 bridgehead atoms. The number of hydrogen-bond acceptors (Lipinski definition) is 7. The maximum Gasteiger partial charge on any atom is 0.324 e. The molecule has 0 saturated heterocycles. The number of rotatable bonds is 11. The highest BCUT2D eigenvalue weighted by atomic mass is 16.5. The summed E-state index contributed by atoms with van der Waals surface area (Å²) >= 11 is 0. The number of ketones is 2. The second kappa shape index (κ2) is 11.1. The Labute approximate surface area is 189 Å². The minimum absolute atomic E-state index is 0.198. The van der Waals surface area contributed by atoms with Gasteiger partial charge >= 0.3 is 5.97 Å². The number of ether oxygens (including phenoxy) is 1. The molecule has 0 aliphatic carbocycles. The van der Waals surface area contributed by atoms with Gasteiger partial charge in [-0.1, -0.05) is 74.5 Å². The summed E-state index contributed by atoms with van der Waals surface area (Å²) in [5.74, 6) is -2.72. The lowest BCUT2D eigenvalue weighted by atomic mass is 9.61. The van der Waals surface area contributed by atoms with Crippen LogP contribution in [0.5, 0.6) is 0 Å². The molecule has 6 N–H and O–H groups in total. The first-order valence-corrected chi connectivity index (χ1v) is 10.7. The molecule has 3 atom stereocenters. The second-order valence-corrected chi connectivity index (χ2v) is 8.35. The van der Waals surface area contributed by atoms with Crippen LogP contribution in [0.3, 0.4) is 0 Å². The number of hydrogen-bond donors (Lipinski definition) is 3. The SMILES string of the molecule is COC(=O)[C@@H](N)C(C(=O)[C@@H](N)Cc1ccccc1)(C(=O)[C@@H](N)Cc1ccccc1)C(C)C. The summed E-state index contributed by atoms with van der Waals surface area (Å²) in [6.45, 7) is 3.34.